The first-order valence-corrected chi connectivity index (χ1v) is 9.80. The van der Waals surface area contributed by atoms with Crippen LogP contribution in [0.2, 0.25) is 0 Å². The Bertz CT molecular complexity index is 1090. The lowest BCUT2D eigenvalue weighted by molar-refractivity contribution is 0.599. The molecular formula is C25H24N2. The van der Waals surface area contributed by atoms with E-state index in [0.717, 1.165) is 19.3 Å². The minimum absolute atomic E-state index is 0.480. The second-order valence-corrected chi connectivity index (χ2v) is 7.51. The predicted octanol–water partition coefficient (Wildman–Crippen LogP) is 5.91. The van der Waals surface area contributed by atoms with Crippen molar-refractivity contribution in [1.82, 2.24) is 4.57 Å². The Morgan fingerprint density at radius 1 is 0.852 bits per heavy atom. The number of benzene rings is 3. The molecule has 1 atom stereocenters. The highest BCUT2D eigenvalue weighted by atomic mass is 15.0. The van der Waals surface area contributed by atoms with Crippen LogP contribution in [0.5, 0.6) is 0 Å². The third-order valence-corrected chi connectivity index (χ3v) is 5.79. The van der Waals surface area contributed by atoms with Gasteiger partial charge in [0.25, 0.3) is 0 Å². The Hall–Kier alpha value is -3.00. The van der Waals surface area contributed by atoms with Crippen molar-refractivity contribution in [2.75, 3.05) is 5.32 Å². The summed E-state index contributed by atoms with van der Waals surface area (Å²) in [5.74, 6) is 0. The largest absolute Gasteiger partial charge is 0.382 e. The van der Waals surface area contributed by atoms with Gasteiger partial charge in [0.1, 0.15) is 0 Å². The predicted molar refractivity (Wildman–Crippen MR) is 114 cm³/mol. The number of nitrogens with zero attached hydrogens (tertiary/aromatic N) is 1. The molecule has 0 fully saturated rings. The van der Waals surface area contributed by atoms with Gasteiger partial charge in [-0.3, -0.25) is 0 Å². The van der Waals surface area contributed by atoms with Gasteiger partial charge in [-0.05, 0) is 61.6 Å². The van der Waals surface area contributed by atoms with Gasteiger partial charge in [0.2, 0.25) is 0 Å². The van der Waals surface area contributed by atoms with Gasteiger partial charge in [0.15, 0.2) is 0 Å². The van der Waals surface area contributed by atoms with Crippen molar-refractivity contribution in [2.45, 2.75) is 32.2 Å². The van der Waals surface area contributed by atoms with E-state index in [9.17, 15) is 0 Å². The zero-order chi connectivity index (χ0) is 18.2. The van der Waals surface area contributed by atoms with Gasteiger partial charge in [-0.25, -0.2) is 0 Å². The van der Waals surface area contributed by atoms with E-state index in [2.05, 4.69) is 95.7 Å². The third-order valence-electron chi connectivity index (χ3n) is 5.79. The lowest BCUT2D eigenvalue weighted by Gasteiger charge is -2.26. The Kier molecular flexibility index (Phi) is 3.97. The van der Waals surface area contributed by atoms with E-state index in [1.165, 1.54) is 39.1 Å². The van der Waals surface area contributed by atoms with Gasteiger partial charge in [-0.2, -0.15) is 0 Å². The first-order valence-electron chi connectivity index (χ1n) is 9.80. The number of nitrogens with one attached hydrogen (secondary N) is 1. The zero-order valence-electron chi connectivity index (χ0n) is 15.7. The molecule has 0 aliphatic heterocycles. The summed E-state index contributed by atoms with van der Waals surface area (Å²) in [7, 11) is 0. The summed E-state index contributed by atoms with van der Waals surface area (Å²) in [6, 6.07) is 28.7. The van der Waals surface area contributed by atoms with Crippen LogP contribution < -0.4 is 5.32 Å². The molecule has 1 aliphatic carbocycles. The number of aromatic nitrogens is 1. The number of hydrogen-bond donors (Lipinski definition) is 1. The molecule has 1 unspecified atom stereocenters. The fraction of sp³-hybridized carbons (Fsp3) is 0.200. The van der Waals surface area contributed by atoms with Crippen molar-refractivity contribution in [3.63, 3.8) is 0 Å². The van der Waals surface area contributed by atoms with E-state index in [1.807, 2.05) is 0 Å². The van der Waals surface area contributed by atoms with Crippen LogP contribution in [0.25, 0.3) is 16.6 Å². The molecule has 3 aromatic carbocycles. The minimum Gasteiger partial charge on any atom is -0.382 e. The molecule has 0 saturated heterocycles. The summed E-state index contributed by atoms with van der Waals surface area (Å²) in [5, 5.41) is 5.19. The maximum Gasteiger partial charge on any atom is 0.0534 e. The maximum absolute atomic E-state index is 3.79. The third kappa shape index (κ3) is 2.82. The Balaban J connectivity index is 1.57. The van der Waals surface area contributed by atoms with Crippen molar-refractivity contribution in [3.05, 3.63) is 95.7 Å². The Morgan fingerprint density at radius 3 is 2.44 bits per heavy atom. The van der Waals surface area contributed by atoms with Gasteiger partial charge in [-0.15, -0.1) is 0 Å². The second kappa shape index (κ2) is 6.62. The van der Waals surface area contributed by atoms with Gasteiger partial charge in [0, 0.05) is 28.5 Å². The molecule has 0 saturated carbocycles. The highest BCUT2D eigenvalue weighted by Gasteiger charge is 2.26. The van der Waals surface area contributed by atoms with Crippen LogP contribution in [-0.4, -0.2) is 10.6 Å². The summed E-state index contributed by atoms with van der Waals surface area (Å²) < 4.78 is 2.47. The van der Waals surface area contributed by atoms with E-state index < -0.39 is 0 Å². The summed E-state index contributed by atoms with van der Waals surface area (Å²) in [6.07, 6.45) is 3.33. The summed E-state index contributed by atoms with van der Waals surface area (Å²) >= 11 is 0. The summed E-state index contributed by atoms with van der Waals surface area (Å²) in [5.41, 5.74) is 8.15. The van der Waals surface area contributed by atoms with E-state index in [1.54, 1.807) is 0 Å². The number of para-hydroxylation sites is 3. The molecule has 134 valence electrons. The van der Waals surface area contributed by atoms with E-state index >= 15 is 0 Å². The smallest absolute Gasteiger partial charge is 0.0534 e. The molecule has 0 amide bonds. The van der Waals surface area contributed by atoms with Gasteiger partial charge in [-0.1, -0.05) is 54.6 Å². The molecule has 0 spiro atoms. The minimum atomic E-state index is 0.480. The highest BCUT2D eigenvalue weighted by molar-refractivity contribution is 5.87. The fourth-order valence-electron chi connectivity index (χ4n) is 4.46. The number of aryl methyl sites for hydroxylation is 1. The Morgan fingerprint density at radius 2 is 1.59 bits per heavy atom. The number of rotatable bonds is 3. The van der Waals surface area contributed by atoms with Gasteiger partial charge >= 0.3 is 0 Å². The second-order valence-electron chi connectivity index (χ2n) is 7.51. The molecule has 1 heterocycles. The van der Waals surface area contributed by atoms with E-state index in [-0.39, 0.29) is 0 Å². The number of fused-ring (bicyclic) bond motifs is 3. The normalized spacial score (nSPS) is 16.3. The molecule has 1 aromatic heterocycles. The fourth-order valence-corrected chi connectivity index (χ4v) is 4.46. The molecule has 4 aromatic rings. The molecule has 27 heavy (non-hydrogen) atoms. The lowest BCUT2D eigenvalue weighted by Crippen LogP contribution is -2.28. The van der Waals surface area contributed by atoms with Crippen molar-refractivity contribution in [3.8, 4) is 5.69 Å². The number of anilines is 1. The quantitative estimate of drug-likeness (QED) is 0.485. The maximum atomic E-state index is 3.79. The van der Waals surface area contributed by atoms with Crippen molar-refractivity contribution in [2.24, 2.45) is 0 Å². The topological polar surface area (TPSA) is 17.0 Å². The van der Waals surface area contributed by atoms with Gasteiger partial charge < -0.3 is 9.88 Å². The van der Waals surface area contributed by atoms with Crippen LogP contribution >= 0.6 is 0 Å². The van der Waals surface area contributed by atoms with Crippen molar-refractivity contribution >= 4 is 16.6 Å². The standard InChI is InChI=1S/C25H24N2/c1-18-9-5-7-13-23(18)26-19-15-16-25-22(17-19)21-12-6-8-14-24(21)27(25)20-10-3-2-4-11-20/h2-14,19,26H,15-17H2,1H3. The van der Waals surface area contributed by atoms with Crippen LogP contribution in [0.3, 0.4) is 0 Å². The van der Waals surface area contributed by atoms with Crippen LogP contribution in [0, 0.1) is 6.92 Å². The molecule has 0 bridgehead atoms. The van der Waals surface area contributed by atoms with Crippen LogP contribution in [0.1, 0.15) is 23.2 Å². The van der Waals surface area contributed by atoms with E-state index in [0.29, 0.717) is 6.04 Å². The van der Waals surface area contributed by atoms with Crippen LogP contribution in [0.4, 0.5) is 5.69 Å². The first kappa shape index (κ1) is 16.2. The van der Waals surface area contributed by atoms with Crippen molar-refractivity contribution in [1.29, 1.82) is 0 Å². The molecule has 1 N–H and O–H groups in total. The SMILES string of the molecule is Cc1ccccc1NC1CCc2c(c3ccccc3n2-c2ccccc2)C1. The monoisotopic (exact) mass is 352 g/mol. The van der Waals surface area contributed by atoms with Crippen molar-refractivity contribution < 1.29 is 0 Å². The first-order chi connectivity index (χ1) is 13.3. The zero-order valence-corrected chi connectivity index (χ0v) is 15.7. The summed E-state index contributed by atoms with van der Waals surface area (Å²) in [6.45, 7) is 2.18. The highest BCUT2D eigenvalue weighted by Crippen LogP contribution is 2.35. The molecule has 1 aliphatic rings. The molecule has 5 rings (SSSR count). The molecule has 0 radical (unpaired) electrons. The average Bonchev–Trinajstić information content (AvgIpc) is 3.04. The average molecular weight is 352 g/mol. The number of hydrogen-bond acceptors (Lipinski definition) is 1. The lowest BCUT2D eigenvalue weighted by atomic mass is 9.91. The molecule has 2 nitrogen and oxygen atoms in total. The van der Waals surface area contributed by atoms with Gasteiger partial charge in [0.05, 0.1) is 5.52 Å². The van der Waals surface area contributed by atoms with Crippen LogP contribution in [-0.2, 0) is 12.8 Å². The van der Waals surface area contributed by atoms with E-state index in [4.69, 9.17) is 0 Å². The van der Waals surface area contributed by atoms with Crippen LogP contribution in [0.15, 0.2) is 78.9 Å². The Labute approximate surface area is 160 Å². The molecule has 2 heteroatoms. The summed E-state index contributed by atoms with van der Waals surface area (Å²) in [4.78, 5) is 0. The molecular weight excluding hydrogens is 328 g/mol.